The highest BCUT2D eigenvalue weighted by Crippen LogP contribution is 2.23. The number of carbonyl (C=O) groups is 1. The molecule has 2 aromatic rings. The van der Waals surface area contributed by atoms with E-state index >= 15 is 0 Å². The molecule has 0 radical (unpaired) electrons. The van der Waals surface area contributed by atoms with Gasteiger partial charge < -0.3 is 20.9 Å². The van der Waals surface area contributed by atoms with Crippen LogP contribution < -0.4 is 15.8 Å². The van der Waals surface area contributed by atoms with Crippen molar-refractivity contribution >= 4 is 28.9 Å². The summed E-state index contributed by atoms with van der Waals surface area (Å²) in [5.41, 5.74) is 6.36. The molecule has 4 N–H and O–H groups in total. The number of nitrogens with one attached hydrogen (secondary N) is 1. The Morgan fingerprint density at radius 2 is 2.10 bits per heavy atom. The normalized spacial score (nSPS) is 10.1. The number of amides is 1. The molecule has 2 aromatic carbocycles. The first-order valence-electron chi connectivity index (χ1n) is 5.81. The van der Waals surface area contributed by atoms with Crippen molar-refractivity contribution in [2.45, 2.75) is 0 Å². The van der Waals surface area contributed by atoms with E-state index in [-0.39, 0.29) is 24.0 Å². The molecule has 1 amide bonds. The van der Waals surface area contributed by atoms with Crippen LogP contribution in [0.2, 0.25) is 5.02 Å². The highest BCUT2D eigenvalue weighted by atomic mass is 35.5. The van der Waals surface area contributed by atoms with Crippen LogP contribution in [0.3, 0.4) is 0 Å². The summed E-state index contributed by atoms with van der Waals surface area (Å²) in [5.74, 6) is 0.185. The average Bonchev–Trinajstić information content (AvgIpc) is 2.40. The Balaban J connectivity index is 1.92. The fourth-order valence-corrected chi connectivity index (χ4v) is 1.74. The average molecular weight is 293 g/mol. The number of phenols is 1. The number of nitrogen functional groups attached to an aromatic ring is 1. The van der Waals surface area contributed by atoms with E-state index in [2.05, 4.69) is 5.32 Å². The van der Waals surface area contributed by atoms with E-state index in [0.717, 1.165) is 0 Å². The zero-order valence-corrected chi connectivity index (χ0v) is 11.2. The molecule has 0 bridgehead atoms. The second-order valence-electron chi connectivity index (χ2n) is 4.07. The third kappa shape index (κ3) is 3.80. The van der Waals surface area contributed by atoms with Gasteiger partial charge in [-0.25, -0.2) is 0 Å². The summed E-state index contributed by atoms with van der Waals surface area (Å²) in [7, 11) is 0. The van der Waals surface area contributed by atoms with Gasteiger partial charge in [0.25, 0.3) is 5.91 Å². The predicted octanol–water partition coefficient (Wildman–Crippen LogP) is 2.65. The maximum Gasteiger partial charge on any atom is 0.262 e. The number of hydrogen-bond acceptors (Lipinski definition) is 4. The first-order valence-corrected chi connectivity index (χ1v) is 6.19. The maximum absolute atomic E-state index is 11.7. The predicted molar refractivity (Wildman–Crippen MR) is 78.1 cm³/mol. The lowest BCUT2D eigenvalue weighted by Gasteiger charge is -2.09. The molecule has 0 heterocycles. The van der Waals surface area contributed by atoms with Crippen molar-refractivity contribution in [3.63, 3.8) is 0 Å². The summed E-state index contributed by atoms with van der Waals surface area (Å²) >= 11 is 5.80. The van der Waals surface area contributed by atoms with Gasteiger partial charge in [0.1, 0.15) is 11.5 Å². The second-order valence-corrected chi connectivity index (χ2v) is 4.50. The van der Waals surface area contributed by atoms with Crippen LogP contribution in [-0.4, -0.2) is 17.6 Å². The Kier molecular flexibility index (Phi) is 4.32. The monoisotopic (exact) mass is 292 g/mol. The minimum atomic E-state index is -0.359. The van der Waals surface area contributed by atoms with Gasteiger partial charge in [0, 0.05) is 11.1 Å². The minimum absolute atomic E-state index is 0.0377. The van der Waals surface area contributed by atoms with Gasteiger partial charge >= 0.3 is 0 Å². The third-order valence-corrected chi connectivity index (χ3v) is 2.71. The quantitative estimate of drug-likeness (QED) is 0.597. The molecule has 0 aliphatic heterocycles. The first-order chi connectivity index (χ1) is 9.54. The number of halogens is 1. The van der Waals surface area contributed by atoms with Gasteiger partial charge in [-0.15, -0.1) is 0 Å². The molecule has 6 heteroatoms. The topological polar surface area (TPSA) is 84.6 Å². The van der Waals surface area contributed by atoms with Gasteiger partial charge in [-0.2, -0.15) is 0 Å². The summed E-state index contributed by atoms with van der Waals surface area (Å²) < 4.78 is 5.30. The van der Waals surface area contributed by atoms with E-state index in [1.165, 1.54) is 18.2 Å². The van der Waals surface area contributed by atoms with Crippen LogP contribution in [0.25, 0.3) is 0 Å². The molecule has 104 valence electrons. The van der Waals surface area contributed by atoms with E-state index in [4.69, 9.17) is 22.1 Å². The van der Waals surface area contributed by atoms with Crippen LogP contribution in [0.5, 0.6) is 11.5 Å². The third-order valence-electron chi connectivity index (χ3n) is 2.48. The number of anilines is 2. The van der Waals surface area contributed by atoms with Crippen LogP contribution in [0.1, 0.15) is 0 Å². The Morgan fingerprint density at radius 3 is 2.80 bits per heavy atom. The van der Waals surface area contributed by atoms with Gasteiger partial charge in [-0.1, -0.05) is 17.7 Å². The largest absolute Gasteiger partial charge is 0.508 e. The molecule has 0 saturated heterocycles. The Bertz CT molecular complexity index is 632. The Labute approximate surface area is 120 Å². The van der Waals surface area contributed by atoms with E-state index in [9.17, 15) is 9.90 Å². The van der Waals surface area contributed by atoms with E-state index in [1.807, 2.05) is 0 Å². The number of ether oxygens (including phenoxy) is 1. The standard InChI is InChI=1S/C14H13ClN2O3/c15-9-2-1-3-11(6-9)20-8-14(19)17-13-5-4-10(18)7-12(13)16/h1-7,18H,8,16H2,(H,17,19). The summed E-state index contributed by atoms with van der Waals surface area (Å²) in [6, 6.07) is 11.1. The number of carbonyl (C=O) groups excluding carboxylic acids is 1. The maximum atomic E-state index is 11.7. The fourth-order valence-electron chi connectivity index (χ4n) is 1.56. The van der Waals surface area contributed by atoms with Crippen molar-refractivity contribution in [3.05, 3.63) is 47.5 Å². The second kappa shape index (κ2) is 6.16. The van der Waals surface area contributed by atoms with E-state index in [1.54, 1.807) is 24.3 Å². The lowest BCUT2D eigenvalue weighted by atomic mass is 10.2. The van der Waals surface area contributed by atoms with Gasteiger partial charge in [-0.05, 0) is 30.3 Å². The number of phenolic OH excluding ortho intramolecular Hbond substituents is 1. The molecular weight excluding hydrogens is 280 g/mol. The van der Waals surface area contributed by atoms with Crippen LogP contribution in [0, 0.1) is 0 Å². The van der Waals surface area contributed by atoms with Crippen LogP contribution in [0.4, 0.5) is 11.4 Å². The van der Waals surface area contributed by atoms with Crippen molar-refractivity contribution in [1.29, 1.82) is 0 Å². The van der Waals surface area contributed by atoms with Crippen molar-refractivity contribution in [2.75, 3.05) is 17.7 Å². The van der Waals surface area contributed by atoms with Gasteiger partial charge in [0.05, 0.1) is 11.4 Å². The lowest BCUT2D eigenvalue weighted by Crippen LogP contribution is -2.20. The smallest absolute Gasteiger partial charge is 0.262 e. The van der Waals surface area contributed by atoms with Crippen molar-refractivity contribution in [3.8, 4) is 11.5 Å². The minimum Gasteiger partial charge on any atom is -0.508 e. The highest BCUT2D eigenvalue weighted by molar-refractivity contribution is 6.30. The van der Waals surface area contributed by atoms with E-state index in [0.29, 0.717) is 16.5 Å². The molecule has 0 aliphatic rings. The molecule has 0 unspecified atom stereocenters. The molecule has 0 aliphatic carbocycles. The van der Waals surface area contributed by atoms with Gasteiger partial charge in [0.15, 0.2) is 6.61 Å². The molecule has 0 saturated carbocycles. The zero-order valence-electron chi connectivity index (χ0n) is 10.5. The molecule has 0 spiro atoms. The molecule has 0 aromatic heterocycles. The van der Waals surface area contributed by atoms with Crippen molar-refractivity contribution in [2.24, 2.45) is 0 Å². The summed E-state index contributed by atoms with van der Waals surface area (Å²) in [6.07, 6.45) is 0. The summed E-state index contributed by atoms with van der Waals surface area (Å²) in [6.45, 7) is -0.166. The number of aromatic hydroxyl groups is 1. The van der Waals surface area contributed by atoms with Crippen molar-refractivity contribution < 1.29 is 14.6 Å². The fraction of sp³-hybridized carbons (Fsp3) is 0.0714. The molecule has 2 rings (SSSR count). The number of benzene rings is 2. The Hall–Kier alpha value is -2.40. The van der Waals surface area contributed by atoms with E-state index < -0.39 is 0 Å². The number of hydrogen-bond donors (Lipinski definition) is 3. The van der Waals surface area contributed by atoms with Gasteiger partial charge in [0.2, 0.25) is 0 Å². The molecular formula is C14H13ClN2O3. The zero-order chi connectivity index (χ0) is 14.5. The first kappa shape index (κ1) is 14.0. The summed E-state index contributed by atoms with van der Waals surface area (Å²) in [5, 5.41) is 12.3. The molecule has 0 atom stereocenters. The van der Waals surface area contributed by atoms with Crippen LogP contribution in [0.15, 0.2) is 42.5 Å². The Morgan fingerprint density at radius 1 is 1.30 bits per heavy atom. The van der Waals surface area contributed by atoms with Crippen LogP contribution in [-0.2, 0) is 4.79 Å². The summed E-state index contributed by atoms with van der Waals surface area (Å²) in [4.78, 5) is 11.7. The molecule has 5 nitrogen and oxygen atoms in total. The molecule has 0 fully saturated rings. The highest BCUT2D eigenvalue weighted by Gasteiger charge is 2.07. The number of nitrogens with two attached hydrogens (primary N) is 1. The van der Waals surface area contributed by atoms with Crippen LogP contribution >= 0.6 is 11.6 Å². The lowest BCUT2D eigenvalue weighted by molar-refractivity contribution is -0.118. The van der Waals surface area contributed by atoms with Gasteiger partial charge in [-0.3, -0.25) is 4.79 Å². The van der Waals surface area contributed by atoms with Crippen molar-refractivity contribution in [1.82, 2.24) is 0 Å². The molecule has 20 heavy (non-hydrogen) atoms. The number of rotatable bonds is 4. The SMILES string of the molecule is Nc1cc(O)ccc1NC(=O)COc1cccc(Cl)c1.